The molecule has 1 aromatic rings. The van der Waals surface area contributed by atoms with Gasteiger partial charge in [0.2, 0.25) is 0 Å². The number of nitrogens with zero attached hydrogens (tertiary/aromatic N) is 1. The van der Waals surface area contributed by atoms with Crippen molar-refractivity contribution in [3.05, 3.63) is 29.8 Å². The number of rotatable bonds is 4. The van der Waals surface area contributed by atoms with Gasteiger partial charge in [0.25, 0.3) is 0 Å². The van der Waals surface area contributed by atoms with Crippen molar-refractivity contribution in [2.75, 3.05) is 34.3 Å². The van der Waals surface area contributed by atoms with Crippen molar-refractivity contribution in [2.24, 2.45) is 5.92 Å². The zero-order valence-electron chi connectivity index (χ0n) is 11.6. The largest absolute Gasteiger partial charge is 0.496 e. The van der Waals surface area contributed by atoms with Crippen LogP contribution < -0.4 is 10.1 Å². The van der Waals surface area contributed by atoms with Gasteiger partial charge in [0, 0.05) is 18.2 Å². The van der Waals surface area contributed by atoms with Gasteiger partial charge in [0.1, 0.15) is 5.75 Å². The van der Waals surface area contributed by atoms with Crippen LogP contribution in [-0.4, -0.2) is 39.2 Å². The minimum atomic E-state index is 0.379. The van der Waals surface area contributed by atoms with Crippen LogP contribution in [0, 0.1) is 5.92 Å². The van der Waals surface area contributed by atoms with E-state index in [4.69, 9.17) is 4.74 Å². The molecule has 1 N–H and O–H groups in total. The Balaban J connectivity index is 2.21. The summed E-state index contributed by atoms with van der Waals surface area (Å²) in [6, 6.07) is 8.72. The molecule has 2 rings (SSSR count). The van der Waals surface area contributed by atoms with Gasteiger partial charge in [-0.1, -0.05) is 18.2 Å². The van der Waals surface area contributed by atoms with E-state index >= 15 is 0 Å². The van der Waals surface area contributed by atoms with Gasteiger partial charge in [0.15, 0.2) is 0 Å². The fourth-order valence-electron chi connectivity index (χ4n) is 3.05. The molecule has 3 nitrogen and oxygen atoms in total. The van der Waals surface area contributed by atoms with Gasteiger partial charge in [-0.2, -0.15) is 0 Å². The van der Waals surface area contributed by atoms with Gasteiger partial charge >= 0.3 is 0 Å². The summed E-state index contributed by atoms with van der Waals surface area (Å²) in [4.78, 5) is 2.42. The van der Waals surface area contributed by atoms with E-state index in [1.165, 1.54) is 24.9 Å². The average Bonchev–Trinajstić information content (AvgIpc) is 2.40. The van der Waals surface area contributed by atoms with E-state index in [1.54, 1.807) is 7.11 Å². The number of nitrogens with one attached hydrogen (secondary N) is 1. The highest BCUT2D eigenvalue weighted by Crippen LogP contribution is 2.33. The molecule has 0 spiro atoms. The van der Waals surface area contributed by atoms with Gasteiger partial charge in [-0.15, -0.1) is 0 Å². The summed E-state index contributed by atoms with van der Waals surface area (Å²) in [5.41, 5.74) is 1.28. The van der Waals surface area contributed by atoms with Crippen molar-refractivity contribution >= 4 is 0 Å². The maximum Gasteiger partial charge on any atom is 0.123 e. The summed E-state index contributed by atoms with van der Waals surface area (Å²) in [6.07, 6.45) is 2.57. The lowest BCUT2D eigenvalue weighted by atomic mass is 9.86. The first-order valence-corrected chi connectivity index (χ1v) is 6.75. The molecular weight excluding hydrogens is 224 g/mol. The zero-order valence-corrected chi connectivity index (χ0v) is 11.6. The number of hydrogen-bond acceptors (Lipinski definition) is 3. The Kier molecular flexibility index (Phi) is 4.61. The molecule has 1 saturated heterocycles. The highest BCUT2D eigenvalue weighted by atomic mass is 16.5. The van der Waals surface area contributed by atoms with Crippen molar-refractivity contribution < 1.29 is 4.74 Å². The number of para-hydroxylation sites is 1. The summed E-state index contributed by atoms with van der Waals surface area (Å²) < 4.78 is 5.49. The molecule has 0 radical (unpaired) electrons. The van der Waals surface area contributed by atoms with Crippen molar-refractivity contribution in [1.29, 1.82) is 0 Å². The predicted octanol–water partition coefficient (Wildman–Crippen LogP) is 2.30. The Hall–Kier alpha value is -1.06. The monoisotopic (exact) mass is 248 g/mol. The first-order chi connectivity index (χ1) is 8.76. The molecule has 0 aliphatic carbocycles. The van der Waals surface area contributed by atoms with E-state index in [9.17, 15) is 0 Å². The molecule has 1 aliphatic rings. The molecule has 2 atom stereocenters. The molecule has 2 unspecified atom stereocenters. The third-order valence-corrected chi connectivity index (χ3v) is 3.92. The van der Waals surface area contributed by atoms with Crippen molar-refractivity contribution in [2.45, 2.75) is 18.9 Å². The minimum Gasteiger partial charge on any atom is -0.496 e. The van der Waals surface area contributed by atoms with E-state index in [1.807, 2.05) is 19.2 Å². The number of hydrogen-bond donors (Lipinski definition) is 1. The predicted molar refractivity (Wildman–Crippen MR) is 75.0 cm³/mol. The molecule has 1 aliphatic heterocycles. The second kappa shape index (κ2) is 6.21. The van der Waals surface area contributed by atoms with E-state index in [-0.39, 0.29) is 0 Å². The van der Waals surface area contributed by atoms with E-state index < -0.39 is 0 Å². The summed E-state index contributed by atoms with van der Waals surface area (Å²) in [5, 5.41) is 3.48. The van der Waals surface area contributed by atoms with Crippen LogP contribution in [0.2, 0.25) is 0 Å². The molecule has 1 heterocycles. The Labute approximate surface area is 110 Å². The second-order valence-corrected chi connectivity index (χ2v) is 5.17. The fraction of sp³-hybridized carbons (Fsp3) is 0.600. The smallest absolute Gasteiger partial charge is 0.123 e. The highest BCUT2D eigenvalue weighted by molar-refractivity contribution is 5.36. The number of ether oxygens (including phenoxy) is 1. The van der Waals surface area contributed by atoms with Crippen LogP contribution >= 0.6 is 0 Å². The summed E-state index contributed by atoms with van der Waals surface area (Å²) in [5.74, 6) is 1.65. The summed E-state index contributed by atoms with van der Waals surface area (Å²) >= 11 is 0. The molecule has 0 saturated carbocycles. The number of benzene rings is 1. The number of methoxy groups -OCH3 is 1. The Morgan fingerprint density at radius 2 is 2.17 bits per heavy atom. The lowest BCUT2D eigenvalue weighted by Gasteiger charge is -2.35. The first-order valence-electron chi connectivity index (χ1n) is 6.75. The molecular formula is C15H24N2O. The van der Waals surface area contributed by atoms with Crippen molar-refractivity contribution in [3.63, 3.8) is 0 Å². The summed E-state index contributed by atoms with van der Waals surface area (Å²) in [7, 11) is 6.01. The molecule has 18 heavy (non-hydrogen) atoms. The molecule has 0 bridgehead atoms. The van der Waals surface area contributed by atoms with Crippen LogP contribution in [-0.2, 0) is 0 Å². The Morgan fingerprint density at radius 1 is 1.39 bits per heavy atom. The maximum absolute atomic E-state index is 5.49. The van der Waals surface area contributed by atoms with E-state index in [0.29, 0.717) is 12.0 Å². The standard InChI is InChI=1S/C15H24N2O/c1-16-15(12-7-6-10-17(2)11-12)13-8-4-5-9-14(13)18-3/h4-5,8-9,12,15-16H,6-7,10-11H2,1-3H3. The van der Waals surface area contributed by atoms with E-state index in [0.717, 1.165) is 12.3 Å². The minimum absolute atomic E-state index is 0.379. The van der Waals surface area contributed by atoms with Gasteiger partial charge < -0.3 is 15.0 Å². The Morgan fingerprint density at radius 3 is 2.83 bits per heavy atom. The van der Waals surface area contributed by atoms with Crippen LogP contribution in [0.3, 0.4) is 0 Å². The highest BCUT2D eigenvalue weighted by Gasteiger charge is 2.27. The van der Waals surface area contributed by atoms with Crippen LogP contribution in [0.1, 0.15) is 24.4 Å². The zero-order chi connectivity index (χ0) is 13.0. The van der Waals surface area contributed by atoms with Gasteiger partial charge in [-0.3, -0.25) is 0 Å². The van der Waals surface area contributed by atoms with Crippen molar-refractivity contribution in [1.82, 2.24) is 10.2 Å². The molecule has 3 heteroatoms. The molecule has 0 aromatic heterocycles. The third kappa shape index (κ3) is 2.85. The Bertz CT molecular complexity index is 381. The fourth-order valence-corrected chi connectivity index (χ4v) is 3.05. The number of likely N-dealkylation sites (tertiary alicyclic amines) is 1. The number of piperidine rings is 1. The molecule has 1 fully saturated rings. The van der Waals surface area contributed by atoms with Gasteiger partial charge in [0.05, 0.1) is 7.11 Å². The first kappa shape index (κ1) is 13.4. The second-order valence-electron chi connectivity index (χ2n) is 5.17. The van der Waals surface area contributed by atoms with Crippen LogP contribution in [0.5, 0.6) is 5.75 Å². The average molecular weight is 248 g/mol. The quantitative estimate of drug-likeness (QED) is 0.885. The van der Waals surface area contributed by atoms with Crippen LogP contribution in [0.4, 0.5) is 0 Å². The third-order valence-electron chi connectivity index (χ3n) is 3.92. The summed E-state index contributed by atoms with van der Waals surface area (Å²) in [6.45, 7) is 2.38. The lowest BCUT2D eigenvalue weighted by molar-refractivity contribution is 0.175. The SMILES string of the molecule is CNC(c1ccccc1OC)C1CCCN(C)C1. The maximum atomic E-state index is 5.49. The van der Waals surface area contributed by atoms with Crippen LogP contribution in [0.15, 0.2) is 24.3 Å². The molecule has 100 valence electrons. The molecule has 1 aromatic carbocycles. The van der Waals surface area contributed by atoms with E-state index in [2.05, 4.69) is 29.4 Å². The normalized spacial score (nSPS) is 22.7. The molecule has 0 amide bonds. The van der Waals surface area contributed by atoms with Crippen molar-refractivity contribution in [3.8, 4) is 5.75 Å². The van der Waals surface area contributed by atoms with Crippen LogP contribution in [0.25, 0.3) is 0 Å². The van der Waals surface area contributed by atoms with Gasteiger partial charge in [-0.25, -0.2) is 0 Å². The van der Waals surface area contributed by atoms with Gasteiger partial charge in [-0.05, 0) is 45.5 Å². The topological polar surface area (TPSA) is 24.5 Å². The lowest BCUT2D eigenvalue weighted by Crippen LogP contribution is -2.38.